The molecule has 0 aromatic heterocycles. The number of rotatable bonds is 9. The van der Waals surface area contributed by atoms with Crippen LogP contribution in [0.3, 0.4) is 0 Å². The van der Waals surface area contributed by atoms with Gasteiger partial charge >= 0.3 is 0 Å². The van der Waals surface area contributed by atoms with Crippen LogP contribution in [0.4, 0.5) is 0 Å². The van der Waals surface area contributed by atoms with Crippen LogP contribution >= 0.6 is 12.4 Å². The summed E-state index contributed by atoms with van der Waals surface area (Å²) in [5, 5.41) is 5.97. The van der Waals surface area contributed by atoms with Crippen molar-refractivity contribution in [3.8, 4) is 17.2 Å². The van der Waals surface area contributed by atoms with Gasteiger partial charge in [0.25, 0.3) is 0 Å². The van der Waals surface area contributed by atoms with Gasteiger partial charge < -0.3 is 24.8 Å². The van der Waals surface area contributed by atoms with E-state index < -0.39 is 0 Å². The third kappa shape index (κ3) is 6.54. The Kier molecular flexibility index (Phi) is 10.2. The molecule has 0 saturated carbocycles. The first-order chi connectivity index (χ1) is 10.5. The Morgan fingerprint density at radius 1 is 1.13 bits per heavy atom. The lowest BCUT2D eigenvalue weighted by Crippen LogP contribution is -2.37. The number of benzene rings is 1. The van der Waals surface area contributed by atoms with Gasteiger partial charge in [-0.15, -0.1) is 12.4 Å². The third-order valence-electron chi connectivity index (χ3n) is 3.46. The van der Waals surface area contributed by atoms with E-state index in [1.807, 2.05) is 26.1 Å². The van der Waals surface area contributed by atoms with Gasteiger partial charge in [0, 0.05) is 19.0 Å². The minimum Gasteiger partial charge on any atom is -0.493 e. The topological polar surface area (TPSA) is 68.8 Å². The molecule has 1 amide bonds. The van der Waals surface area contributed by atoms with Crippen LogP contribution in [-0.4, -0.2) is 46.9 Å². The van der Waals surface area contributed by atoms with Crippen LogP contribution in [0.1, 0.15) is 18.9 Å². The highest BCUT2D eigenvalue weighted by Gasteiger charge is 2.14. The molecule has 0 saturated heterocycles. The van der Waals surface area contributed by atoms with E-state index >= 15 is 0 Å². The van der Waals surface area contributed by atoms with Crippen LogP contribution in [-0.2, 0) is 11.2 Å². The monoisotopic (exact) mass is 346 g/mol. The molecule has 7 heteroatoms. The van der Waals surface area contributed by atoms with Gasteiger partial charge in [-0.25, -0.2) is 0 Å². The summed E-state index contributed by atoms with van der Waals surface area (Å²) >= 11 is 0. The van der Waals surface area contributed by atoms with Gasteiger partial charge in [-0.05, 0) is 38.1 Å². The number of carbonyl (C=O) groups excluding carboxylic acids is 1. The quantitative estimate of drug-likeness (QED) is 0.713. The van der Waals surface area contributed by atoms with Gasteiger partial charge in [0.1, 0.15) is 0 Å². The lowest BCUT2D eigenvalue weighted by atomic mass is 10.1. The summed E-state index contributed by atoms with van der Waals surface area (Å²) in [7, 11) is 6.59. The summed E-state index contributed by atoms with van der Waals surface area (Å²) in [6.07, 6.45) is 1.02. The Morgan fingerprint density at radius 3 is 2.13 bits per heavy atom. The molecule has 1 aromatic rings. The molecule has 1 rings (SSSR count). The molecule has 0 aliphatic carbocycles. The van der Waals surface area contributed by atoms with E-state index in [4.69, 9.17) is 14.2 Å². The van der Waals surface area contributed by atoms with Crippen LogP contribution < -0.4 is 24.8 Å². The van der Waals surface area contributed by atoms with Crippen molar-refractivity contribution in [3.05, 3.63) is 17.7 Å². The molecule has 132 valence electrons. The normalized spacial score (nSPS) is 11.2. The number of methoxy groups -OCH3 is 3. The second-order valence-electron chi connectivity index (χ2n) is 5.03. The van der Waals surface area contributed by atoms with Crippen LogP contribution in [0, 0.1) is 0 Å². The SMILES string of the molecule is CNC(C)CNC(=O)CCc1cc(OC)c(OC)c(OC)c1.Cl. The number of amides is 1. The lowest BCUT2D eigenvalue weighted by molar-refractivity contribution is -0.121. The van der Waals surface area contributed by atoms with Gasteiger partial charge in [-0.1, -0.05) is 0 Å². The smallest absolute Gasteiger partial charge is 0.220 e. The first kappa shape index (κ1) is 21.3. The maximum Gasteiger partial charge on any atom is 0.220 e. The lowest BCUT2D eigenvalue weighted by Gasteiger charge is -2.14. The van der Waals surface area contributed by atoms with E-state index in [9.17, 15) is 4.79 Å². The number of ether oxygens (including phenoxy) is 3. The molecule has 0 aliphatic rings. The van der Waals surface area contributed by atoms with Crippen molar-refractivity contribution in [2.75, 3.05) is 34.9 Å². The highest BCUT2D eigenvalue weighted by atomic mass is 35.5. The van der Waals surface area contributed by atoms with Crippen molar-refractivity contribution in [2.45, 2.75) is 25.8 Å². The first-order valence-corrected chi connectivity index (χ1v) is 7.28. The summed E-state index contributed by atoms with van der Waals surface area (Å²) in [5.74, 6) is 1.78. The number of hydrogen-bond donors (Lipinski definition) is 2. The van der Waals surface area contributed by atoms with Crippen LogP contribution in [0.25, 0.3) is 0 Å². The molecular formula is C16H27ClN2O4. The number of aryl methyl sites for hydroxylation is 1. The average Bonchev–Trinajstić information content (AvgIpc) is 2.56. The number of hydrogen-bond acceptors (Lipinski definition) is 5. The summed E-state index contributed by atoms with van der Waals surface area (Å²) in [6.45, 7) is 2.63. The minimum absolute atomic E-state index is 0. The molecule has 6 nitrogen and oxygen atoms in total. The van der Waals surface area contributed by atoms with Gasteiger partial charge in [-0.3, -0.25) is 4.79 Å². The Hall–Kier alpha value is -1.66. The van der Waals surface area contributed by atoms with Crippen molar-refractivity contribution < 1.29 is 19.0 Å². The molecule has 0 fully saturated rings. The molecule has 0 bridgehead atoms. The fourth-order valence-electron chi connectivity index (χ4n) is 1.99. The van der Waals surface area contributed by atoms with E-state index in [1.165, 1.54) is 0 Å². The molecule has 23 heavy (non-hydrogen) atoms. The van der Waals surface area contributed by atoms with Crippen LogP contribution in [0.2, 0.25) is 0 Å². The Labute approximate surface area is 144 Å². The fraction of sp³-hybridized carbons (Fsp3) is 0.562. The zero-order chi connectivity index (χ0) is 16.5. The van der Waals surface area contributed by atoms with E-state index in [1.54, 1.807) is 21.3 Å². The fourth-order valence-corrected chi connectivity index (χ4v) is 1.99. The predicted molar refractivity (Wildman–Crippen MR) is 93.2 cm³/mol. The van der Waals surface area contributed by atoms with E-state index in [-0.39, 0.29) is 24.4 Å². The molecule has 1 unspecified atom stereocenters. The van der Waals surface area contributed by atoms with Crippen molar-refractivity contribution in [1.82, 2.24) is 10.6 Å². The van der Waals surface area contributed by atoms with Gasteiger partial charge in [0.15, 0.2) is 11.5 Å². The standard InChI is InChI=1S/C16H26N2O4.ClH/c1-11(17-2)10-18-15(19)7-6-12-8-13(20-3)16(22-5)14(9-12)21-4;/h8-9,11,17H,6-7,10H2,1-5H3,(H,18,19);1H. The highest BCUT2D eigenvalue weighted by molar-refractivity contribution is 5.85. The number of nitrogens with one attached hydrogen (secondary N) is 2. The summed E-state index contributed by atoms with van der Waals surface area (Å²) < 4.78 is 15.9. The third-order valence-corrected chi connectivity index (χ3v) is 3.46. The zero-order valence-corrected chi connectivity index (χ0v) is 15.2. The molecule has 1 atom stereocenters. The number of carbonyl (C=O) groups is 1. The second-order valence-corrected chi connectivity index (χ2v) is 5.03. The van der Waals surface area contributed by atoms with Gasteiger partial charge in [-0.2, -0.15) is 0 Å². The van der Waals surface area contributed by atoms with E-state index in [0.29, 0.717) is 36.6 Å². The molecule has 2 N–H and O–H groups in total. The maximum absolute atomic E-state index is 11.8. The van der Waals surface area contributed by atoms with Gasteiger partial charge in [0.05, 0.1) is 21.3 Å². The second kappa shape index (κ2) is 11.0. The van der Waals surface area contributed by atoms with E-state index in [0.717, 1.165) is 5.56 Å². The minimum atomic E-state index is 0. The Morgan fingerprint density at radius 2 is 1.70 bits per heavy atom. The number of likely N-dealkylation sites (N-methyl/N-ethyl adjacent to an activating group) is 1. The molecule has 0 heterocycles. The molecule has 0 aliphatic heterocycles. The Bertz CT molecular complexity index is 472. The van der Waals surface area contributed by atoms with Crippen molar-refractivity contribution in [1.29, 1.82) is 0 Å². The average molecular weight is 347 g/mol. The summed E-state index contributed by atoms with van der Waals surface area (Å²) in [6, 6.07) is 3.99. The van der Waals surface area contributed by atoms with Crippen molar-refractivity contribution in [2.24, 2.45) is 0 Å². The number of halogens is 1. The van der Waals surface area contributed by atoms with Gasteiger partial charge in [0.2, 0.25) is 11.7 Å². The van der Waals surface area contributed by atoms with Crippen molar-refractivity contribution in [3.63, 3.8) is 0 Å². The largest absolute Gasteiger partial charge is 0.493 e. The Balaban J connectivity index is 0.00000484. The zero-order valence-electron chi connectivity index (χ0n) is 14.4. The molecule has 1 aromatic carbocycles. The van der Waals surface area contributed by atoms with Crippen molar-refractivity contribution >= 4 is 18.3 Å². The molecular weight excluding hydrogens is 320 g/mol. The first-order valence-electron chi connectivity index (χ1n) is 7.28. The molecule has 0 spiro atoms. The molecule has 0 radical (unpaired) electrons. The summed E-state index contributed by atoms with van der Waals surface area (Å²) in [4.78, 5) is 11.8. The maximum atomic E-state index is 11.8. The van der Waals surface area contributed by atoms with E-state index in [2.05, 4.69) is 10.6 Å². The predicted octanol–water partition coefficient (Wildman–Crippen LogP) is 1.79. The highest BCUT2D eigenvalue weighted by Crippen LogP contribution is 2.38. The van der Waals surface area contributed by atoms with Crippen LogP contribution in [0.15, 0.2) is 12.1 Å². The summed E-state index contributed by atoms with van der Waals surface area (Å²) in [5.41, 5.74) is 0.964. The van der Waals surface area contributed by atoms with Crippen LogP contribution in [0.5, 0.6) is 17.2 Å².